The highest BCUT2D eigenvalue weighted by Crippen LogP contribution is 2.12. The lowest BCUT2D eigenvalue weighted by molar-refractivity contribution is 0.0690. The molecule has 1 heterocycles. The van der Waals surface area contributed by atoms with Gasteiger partial charge in [-0.2, -0.15) is 0 Å². The number of hydrogen-bond acceptors (Lipinski definition) is 5. The van der Waals surface area contributed by atoms with Crippen molar-refractivity contribution < 1.29 is 14.7 Å². The van der Waals surface area contributed by atoms with E-state index in [9.17, 15) is 0 Å². The summed E-state index contributed by atoms with van der Waals surface area (Å²) in [5.41, 5.74) is -0.486. The van der Waals surface area contributed by atoms with Gasteiger partial charge >= 0.3 is 0 Å². The van der Waals surface area contributed by atoms with Crippen molar-refractivity contribution in [2.24, 2.45) is 5.41 Å². The molecule has 0 unspecified atom stereocenters. The maximum Gasteiger partial charge on any atom is 0.150 e. The zero-order valence-electron chi connectivity index (χ0n) is 8.23. The Hall–Kier alpha value is -0.910. The number of hydrogen-bond donors (Lipinski definition) is 3. The highest BCUT2D eigenvalue weighted by Gasteiger charge is 2.21. The van der Waals surface area contributed by atoms with Gasteiger partial charge in [-0.25, -0.2) is 0 Å². The third kappa shape index (κ3) is 3.10. The molecule has 0 fully saturated rings. The standard InChI is InChI=1S/C9H16N2O3/c1-9(6-12,7-13)5-10-4-8-2-3-11-14-8/h2-3,10,12-13H,4-7H2,1H3. The number of nitrogens with one attached hydrogen (secondary N) is 1. The highest BCUT2D eigenvalue weighted by atomic mass is 16.5. The van der Waals surface area contributed by atoms with Gasteiger partial charge in [0.15, 0.2) is 0 Å². The molecular weight excluding hydrogens is 184 g/mol. The van der Waals surface area contributed by atoms with Crippen molar-refractivity contribution in [1.82, 2.24) is 10.5 Å². The monoisotopic (exact) mass is 200 g/mol. The molecule has 80 valence electrons. The van der Waals surface area contributed by atoms with Gasteiger partial charge < -0.3 is 20.1 Å². The Bertz CT molecular complexity index is 245. The van der Waals surface area contributed by atoms with E-state index in [-0.39, 0.29) is 13.2 Å². The van der Waals surface area contributed by atoms with Crippen LogP contribution in [0, 0.1) is 5.41 Å². The highest BCUT2D eigenvalue weighted by molar-refractivity contribution is 4.92. The van der Waals surface area contributed by atoms with E-state index in [1.54, 1.807) is 19.2 Å². The summed E-state index contributed by atoms with van der Waals surface area (Å²) in [6.07, 6.45) is 1.58. The van der Waals surface area contributed by atoms with Crippen LogP contribution in [-0.2, 0) is 6.54 Å². The Morgan fingerprint density at radius 3 is 2.71 bits per heavy atom. The van der Waals surface area contributed by atoms with Gasteiger partial charge in [-0.1, -0.05) is 12.1 Å². The molecule has 3 N–H and O–H groups in total. The number of aliphatic hydroxyl groups is 2. The fourth-order valence-corrected chi connectivity index (χ4v) is 0.983. The molecule has 1 rings (SSSR count). The van der Waals surface area contributed by atoms with E-state index in [2.05, 4.69) is 10.5 Å². The third-order valence-corrected chi connectivity index (χ3v) is 2.11. The van der Waals surface area contributed by atoms with Crippen LogP contribution in [0.5, 0.6) is 0 Å². The molecule has 0 aliphatic rings. The number of rotatable bonds is 6. The van der Waals surface area contributed by atoms with E-state index in [0.29, 0.717) is 13.1 Å². The molecule has 0 aliphatic carbocycles. The molecule has 5 nitrogen and oxygen atoms in total. The lowest BCUT2D eigenvalue weighted by Gasteiger charge is -2.24. The van der Waals surface area contributed by atoms with Gasteiger partial charge in [0.05, 0.1) is 26.0 Å². The average molecular weight is 200 g/mol. The number of nitrogens with zero attached hydrogens (tertiary/aromatic N) is 1. The Labute approximate surface area is 82.7 Å². The first-order valence-electron chi connectivity index (χ1n) is 4.52. The molecule has 0 atom stereocenters. The second kappa shape index (κ2) is 5.09. The normalized spacial score (nSPS) is 11.9. The SMILES string of the molecule is CC(CO)(CO)CNCc1ccno1. The van der Waals surface area contributed by atoms with Crippen molar-refractivity contribution in [3.05, 3.63) is 18.0 Å². The molecule has 0 aromatic carbocycles. The zero-order chi connectivity index (χ0) is 10.4. The molecule has 0 bridgehead atoms. The molecule has 0 amide bonds. The summed E-state index contributed by atoms with van der Waals surface area (Å²) >= 11 is 0. The summed E-state index contributed by atoms with van der Waals surface area (Å²) in [5, 5.41) is 24.7. The Morgan fingerprint density at radius 1 is 1.50 bits per heavy atom. The van der Waals surface area contributed by atoms with Gasteiger partial charge in [-0.15, -0.1) is 0 Å². The minimum atomic E-state index is -0.486. The quantitative estimate of drug-likeness (QED) is 0.590. The van der Waals surface area contributed by atoms with Crippen LogP contribution in [0.4, 0.5) is 0 Å². The third-order valence-electron chi connectivity index (χ3n) is 2.11. The predicted molar refractivity (Wildman–Crippen MR) is 50.5 cm³/mol. The largest absolute Gasteiger partial charge is 0.396 e. The topological polar surface area (TPSA) is 78.5 Å². The minimum absolute atomic E-state index is 0.0487. The first-order valence-corrected chi connectivity index (χ1v) is 4.52. The fourth-order valence-electron chi connectivity index (χ4n) is 0.983. The van der Waals surface area contributed by atoms with Crippen LogP contribution < -0.4 is 5.32 Å². The van der Waals surface area contributed by atoms with Crippen LogP contribution in [-0.4, -0.2) is 35.1 Å². The summed E-state index contributed by atoms with van der Waals surface area (Å²) in [5.74, 6) is 0.739. The van der Waals surface area contributed by atoms with Crippen LogP contribution in [0.1, 0.15) is 12.7 Å². The van der Waals surface area contributed by atoms with Crippen LogP contribution in [0.15, 0.2) is 16.8 Å². The van der Waals surface area contributed by atoms with E-state index in [1.165, 1.54) is 0 Å². The van der Waals surface area contributed by atoms with Crippen LogP contribution in [0.25, 0.3) is 0 Å². The first-order chi connectivity index (χ1) is 6.70. The van der Waals surface area contributed by atoms with E-state index in [1.807, 2.05) is 0 Å². The Kier molecular flexibility index (Phi) is 4.06. The van der Waals surface area contributed by atoms with E-state index < -0.39 is 5.41 Å². The second-order valence-electron chi connectivity index (χ2n) is 3.71. The van der Waals surface area contributed by atoms with Gasteiger partial charge in [-0.05, 0) is 0 Å². The molecule has 0 radical (unpaired) electrons. The van der Waals surface area contributed by atoms with Crippen molar-refractivity contribution in [2.75, 3.05) is 19.8 Å². The summed E-state index contributed by atoms with van der Waals surface area (Å²) in [6.45, 7) is 2.79. The van der Waals surface area contributed by atoms with Crippen molar-refractivity contribution in [1.29, 1.82) is 0 Å². The zero-order valence-corrected chi connectivity index (χ0v) is 8.23. The van der Waals surface area contributed by atoms with Crippen molar-refractivity contribution in [3.8, 4) is 0 Å². The van der Waals surface area contributed by atoms with Gasteiger partial charge in [-0.3, -0.25) is 0 Å². The van der Waals surface area contributed by atoms with Crippen molar-refractivity contribution >= 4 is 0 Å². The molecule has 1 aromatic rings. The Morgan fingerprint density at radius 2 is 2.21 bits per heavy atom. The Balaban J connectivity index is 2.27. The summed E-state index contributed by atoms with van der Waals surface area (Å²) < 4.78 is 4.88. The van der Waals surface area contributed by atoms with Gasteiger partial charge in [0.25, 0.3) is 0 Å². The van der Waals surface area contributed by atoms with Crippen LogP contribution in [0.2, 0.25) is 0 Å². The molecule has 14 heavy (non-hydrogen) atoms. The van der Waals surface area contributed by atoms with Crippen LogP contribution >= 0.6 is 0 Å². The van der Waals surface area contributed by atoms with Gasteiger partial charge in [0, 0.05) is 18.0 Å². The molecule has 0 aliphatic heterocycles. The van der Waals surface area contributed by atoms with Gasteiger partial charge in [0.2, 0.25) is 0 Å². The fraction of sp³-hybridized carbons (Fsp3) is 0.667. The molecular formula is C9H16N2O3. The molecule has 0 spiro atoms. The summed E-state index contributed by atoms with van der Waals surface area (Å²) in [6, 6.07) is 1.77. The van der Waals surface area contributed by atoms with E-state index in [0.717, 1.165) is 5.76 Å². The predicted octanol–water partition coefficient (Wildman–Crippen LogP) is -0.245. The molecule has 5 heteroatoms. The van der Waals surface area contributed by atoms with Crippen molar-refractivity contribution in [2.45, 2.75) is 13.5 Å². The molecule has 0 saturated carbocycles. The second-order valence-corrected chi connectivity index (χ2v) is 3.71. The molecule has 1 aromatic heterocycles. The number of aromatic nitrogens is 1. The molecule has 0 saturated heterocycles. The average Bonchev–Trinajstić information content (AvgIpc) is 2.70. The van der Waals surface area contributed by atoms with Gasteiger partial charge in [0.1, 0.15) is 5.76 Å². The number of aliphatic hydroxyl groups excluding tert-OH is 2. The lowest BCUT2D eigenvalue weighted by atomic mass is 9.93. The van der Waals surface area contributed by atoms with Crippen molar-refractivity contribution in [3.63, 3.8) is 0 Å². The van der Waals surface area contributed by atoms with E-state index >= 15 is 0 Å². The van der Waals surface area contributed by atoms with E-state index in [4.69, 9.17) is 14.7 Å². The smallest absolute Gasteiger partial charge is 0.150 e. The summed E-state index contributed by atoms with van der Waals surface area (Å²) in [7, 11) is 0. The lowest BCUT2D eigenvalue weighted by Crippen LogP contribution is -2.37. The maximum absolute atomic E-state index is 9.01. The summed E-state index contributed by atoms with van der Waals surface area (Å²) in [4.78, 5) is 0. The first kappa shape index (κ1) is 11.2. The maximum atomic E-state index is 9.01. The minimum Gasteiger partial charge on any atom is -0.396 e. The van der Waals surface area contributed by atoms with Crippen LogP contribution in [0.3, 0.4) is 0 Å².